The van der Waals surface area contributed by atoms with Crippen LogP contribution in [0.1, 0.15) is 35.7 Å². The largest absolute Gasteiger partial charge is 0.461 e. The van der Waals surface area contributed by atoms with E-state index in [0.29, 0.717) is 17.0 Å². The highest BCUT2D eigenvalue weighted by Crippen LogP contribution is 2.15. The van der Waals surface area contributed by atoms with Gasteiger partial charge in [0.15, 0.2) is 5.11 Å². The van der Waals surface area contributed by atoms with E-state index >= 15 is 0 Å². The molecule has 0 bridgehead atoms. The van der Waals surface area contributed by atoms with Crippen molar-refractivity contribution in [1.82, 2.24) is 10.6 Å². The van der Waals surface area contributed by atoms with Gasteiger partial charge < -0.3 is 15.0 Å². The number of thiocarbonyl (C=S) groups is 1. The van der Waals surface area contributed by atoms with Crippen LogP contribution in [0.15, 0.2) is 9.62 Å². The highest BCUT2D eigenvalue weighted by Gasteiger charge is 2.22. The van der Waals surface area contributed by atoms with Gasteiger partial charge in [-0.25, -0.2) is 4.79 Å². The van der Waals surface area contributed by atoms with Gasteiger partial charge in [-0.2, -0.15) is 5.10 Å². The summed E-state index contributed by atoms with van der Waals surface area (Å²) in [5, 5.41) is 7.61. The second-order valence-corrected chi connectivity index (χ2v) is 3.80. The summed E-state index contributed by atoms with van der Waals surface area (Å²) >= 11 is 4.63. The average molecular weight is 270 g/mol. The van der Waals surface area contributed by atoms with E-state index in [4.69, 9.17) is 15.0 Å². The molecule has 0 amide bonds. The molecule has 3 N–H and O–H groups in total. The zero-order valence-corrected chi connectivity index (χ0v) is 11.1. The number of ether oxygens (including phenoxy) is 1. The number of hydrogen-bond acceptors (Lipinski definition) is 6. The molecule has 1 aromatic rings. The summed E-state index contributed by atoms with van der Waals surface area (Å²) in [6, 6.07) is 0. The number of aryl methyl sites for hydroxylation is 1. The predicted octanol–water partition coefficient (Wildman–Crippen LogP) is 0.717. The summed E-state index contributed by atoms with van der Waals surface area (Å²) in [6.07, 6.45) is 0. The molecule has 0 radical (unpaired) electrons. The molecule has 0 unspecified atom stereocenters. The molecule has 0 atom stereocenters. The minimum atomic E-state index is -0.561. The molecule has 0 saturated carbocycles. The van der Waals surface area contributed by atoms with Gasteiger partial charge in [-0.1, -0.05) is 5.16 Å². The van der Waals surface area contributed by atoms with Gasteiger partial charge in [0.2, 0.25) is 5.69 Å². The van der Waals surface area contributed by atoms with Crippen LogP contribution in [0, 0.1) is 6.92 Å². The van der Waals surface area contributed by atoms with Crippen molar-refractivity contribution in [3.05, 3.63) is 17.0 Å². The third kappa shape index (κ3) is 3.27. The minimum absolute atomic E-state index is 0.0288. The summed E-state index contributed by atoms with van der Waals surface area (Å²) in [5.41, 5.74) is 8.72. The summed E-state index contributed by atoms with van der Waals surface area (Å²) in [5.74, 6) is -0.0988. The van der Waals surface area contributed by atoms with Gasteiger partial charge in [-0.15, -0.1) is 0 Å². The molecule has 8 heteroatoms. The molecular weight excluding hydrogens is 256 g/mol. The summed E-state index contributed by atoms with van der Waals surface area (Å²) in [7, 11) is 0. The first-order valence-electron chi connectivity index (χ1n) is 5.20. The Kier molecular flexibility index (Phi) is 4.78. The first-order valence-corrected chi connectivity index (χ1v) is 5.61. The number of nitrogens with one attached hydrogen (secondary N) is 1. The molecule has 1 heterocycles. The fraction of sp³-hybridized carbons (Fsp3) is 0.400. The van der Waals surface area contributed by atoms with E-state index in [1.165, 1.54) is 0 Å². The molecular formula is C10H14N4O3S. The maximum atomic E-state index is 11.7. The second-order valence-electron chi connectivity index (χ2n) is 3.36. The van der Waals surface area contributed by atoms with Crippen LogP contribution >= 0.6 is 12.2 Å². The molecule has 0 aliphatic rings. The second kappa shape index (κ2) is 6.10. The van der Waals surface area contributed by atoms with Crippen LogP contribution in [-0.4, -0.2) is 28.6 Å². The van der Waals surface area contributed by atoms with Gasteiger partial charge in [0.25, 0.3) is 0 Å². The quantitative estimate of drug-likeness (QED) is 0.359. The SMILES string of the molecule is CCOC(=O)c1noc(C)c1/C(C)=N\NC(N)=S. The van der Waals surface area contributed by atoms with Crippen LogP contribution in [-0.2, 0) is 4.74 Å². The van der Waals surface area contributed by atoms with E-state index in [-0.39, 0.29) is 17.4 Å². The number of nitrogens with zero attached hydrogens (tertiary/aromatic N) is 2. The normalized spacial score (nSPS) is 11.2. The highest BCUT2D eigenvalue weighted by atomic mass is 32.1. The smallest absolute Gasteiger partial charge is 0.361 e. The molecule has 98 valence electrons. The topological polar surface area (TPSA) is 103 Å². The Labute approximate surface area is 109 Å². The number of rotatable bonds is 4. The summed E-state index contributed by atoms with van der Waals surface area (Å²) in [4.78, 5) is 11.7. The van der Waals surface area contributed by atoms with Gasteiger partial charge in [0, 0.05) is 0 Å². The Morgan fingerprint density at radius 3 is 2.89 bits per heavy atom. The van der Waals surface area contributed by atoms with E-state index in [1.54, 1.807) is 20.8 Å². The van der Waals surface area contributed by atoms with E-state index in [1.807, 2.05) is 0 Å². The van der Waals surface area contributed by atoms with Gasteiger partial charge in [-0.3, -0.25) is 5.43 Å². The maximum absolute atomic E-state index is 11.7. The van der Waals surface area contributed by atoms with Crippen molar-refractivity contribution < 1.29 is 14.1 Å². The van der Waals surface area contributed by atoms with Crippen LogP contribution in [0.2, 0.25) is 0 Å². The Hall–Kier alpha value is -1.96. The third-order valence-electron chi connectivity index (χ3n) is 2.03. The number of esters is 1. The number of aromatic nitrogens is 1. The monoisotopic (exact) mass is 270 g/mol. The third-order valence-corrected chi connectivity index (χ3v) is 2.12. The summed E-state index contributed by atoms with van der Waals surface area (Å²) < 4.78 is 9.84. The first-order chi connectivity index (χ1) is 8.47. The lowest BCUT2D eigenvalue weighted by molar-refractivity contribution is 0.0514. The van der Waals surface area contributed by atoms with Crippen LogP contribution in [0.4, 0.5) is 0 Å². The van der Waals surface area contributed by atoms with Crippen molar-refractivity contribution in [2.45, 2.75) is 20.8 Å². The lowest BCUT2D eigenvalue weighted by Gasteiger charge is -2.02. The van der Waals surface area contributed by atoms with Crippen molar-refractivity contribution in [2.24, 2.45) is 10.8 Å². The molecule has 1 rings (SSSR count). The number of hydrogen-bond donors (Lipinski definition) is 2. The van der Waals surface area contributed by atoms with Crippen molar-refractivity contribution in [3.8, 4) is 0 Å². The van der Waals surface area contributed by atoms with Crippen molar-refractivity contribution in [2.75, 3.05) is 6.61 Å². The molecule has 18 heavy (non-hydrogen) atoms. The van der Waals surface area contributed by atoms with E-state index in [9.17, 15) is 4.79 Å². The maximum Gasteiger partial charge on any atom is 0.361 e. The Bertz CT molecular complexity index is 495. The molecule has 0 spiro atoms. The molecule has 0 aliphatic carbocycles. The van der Waals surface area contributed by atoms with Crippen molar-refractivity contribution >= 4 is 29.0 Å². The van der Waals surface area contributed by atoms with Crippen molar-refractivity contribution in [3.63, 3.8) is 0 Å². The van der Waals surface area contributed by atoms with Crippen LogP contribution in [0.5, 0.6) is 0 Å². The number of nitrogens with two attached hydrogens (primary N) is 1. The van der Waals surface area contributed by atoms with Gasteiger partial charge >= 0.3 is 5.97 Å². The standard InChI is InChI=1S/C10H14N4O3S/c1-4-16-9(15)8-7(6(3)17-14-8)5(2)12-13-10(11)18/h4H2,1-3H3,(H3,11,13,18)/b12-5-. The minimum Gasteiger partial charge on any atom is -0.461 e. The summed E-state index contributed by atoms with van der Waals surface area (Å²) in [6.45, 7) is 5.31. The number of carbonyl (C=O) groups excluding carboxylic acids is 1. The number of carbonyl (C=O) groups is 1. The van der Waals surface area contributed by atoms with Crippen LogP contribution < -0.4 is 11.2 Å². The Morgan fingerprint density at radius 1 is 1.67 bits per heavy atom. The van der Waals surface area contributed by atoms with Crippen LogP contribution in [0.3, 0.4) is 0 Å². The van der Waals surface area contributed by atoms with Crippen molar-refractivity contribution in [1.29, 1.82) is 0 Å². The molecule has 0 saturated heterocycles. The van der Waals surface area contributed by atoms with Crippen LogP contribution in [0.25, 0.3) is 0 Å². The lowest BCUT2D eigenvalue weighted by Crippen LogP contribution is -2.25. The zero-order chi connectivity index (χ0) is 13.7. The molecule has 0 aliphatic heterocycles. The van der Waals surface area contributed by atoms with E-state index in [0.717, 1.165) is 0 Å². The Balaban J connectivity index is 3.07. The van der Waals surface area contributed by atoms with Gasteiger partial charge in [-0.05, 0) is 33.0 Å². The zero-order valence-electron chi connectivity index (χ0n) is 10.3. The molecule has 0 fully saturated rings. The van der Waals surface area contributed by atoms with Gasteiger partial charge in [0.1, 0.15) is 5.76 Å². The molecule has 7 nitrogen and oxygen atoms in total. The van der Waals surface area contributed by atoms with E-state index in [2.05, 4.69) is 27.9 Å². The highest BCUT2D eigenvalue weighted by molar-refractivity contribution is 7.80. The molecule has 1 aromatic heterocycles. The van der Waals surface area contributed by atoms with Gasteiger partial charge in [0.05, 0.1) is 17.9 Å². The average Bonchev–Trinajstić information content (AvgIpc) is 2.68. The first kappa shape index (κ1) is 14.1. The fourth-order valence-corrected chi connectivity index (χ4v) is 1.38. The fourth-order valence-electron chi connectivity index (χ4n) is 1.33. The molecule has 0 aromatic carbocycles. The number of hydrazone groups is 1. The predicted molar refractivity (Wildman–Crippen MR) is 69.3 cm³/mol. The lowest BCUT2D eigenvalue weighted by atomic mass is 10.1. The Morgan fingerprint density at radius 2 is 2.33 bits per heavy atom. The van der Waals surface area contributed by atoms with E-state index < -0.39 is 5.97 Å².